The molecule has 0 unspecified atom stereocenters. The van der Waals surface area contributed by atoms with Crippen LogP contribution < -0.4 is 4.74 Å². The summed E-state index contributed by atoms with van der Waals surface area (Å²) in [5, 5.41) is 0. The summed E-state index contributed by atoms with van der Waals surface area (Å²) in [5.74, 6) is 0.858. The summed E-state index contributed by atoms with van der Waals surface area (Å²) >= 11 is 7.17. The van der Waals surface area contributed by atoms with E-state index in [-0.39, 0.29) is 0 Å². The largest absolute Gasteiger partial charge is 0.497 e. The Labute approximate surface area is 211 Å². The molecule has 0 bridgehead atoms. The van der Waals surface area contributed by atoms with Crippen molar-refractivity contribution in [3.05, 3.63) is 134 Å². The first-order valence-corrected chi connectivity index (χ1v) is 12.4. The monoisotopic (exact) mass is 556 g/mol. The van der Waals surface area contributed by atoms with E-state index in [0.717, 1.165) is 14.7 Å². The molecule has 162 valence electrons. The lowest BCUT2D eigenvalue weighted by Gasteiger charge is -2.33. The fourth-order valence-corrected chi connectivity index (χ4v) is 4.83. The molecule has 0 N–H and O–H groups in total. The molecule has 33 heavy (non-hydrogen) atoms. The third-order valence-corrected chi connectivity index (χ3v) is 7.04. The molecule has 0 radical (unpaired) electrons. The van der Waals surface area contributed by atoms with Crippen LogP contribution in [0.3, 0.4) is 0 Å². The molecule has 0 heterocycles. The van der Waals surface area contributed by atoms with Crippen LogP contribution in [-0.2, 0) is 0 Å². The van der Waals surface area contributed by atoms with Crippen molar-refractivity contribution in [1.82, 2.24) is 0 Å². The van der Waals surface area contributed by atoms with Crippen molar-refractivity contribution in [2.24, 2.45) is 0 Å². The average Bonchev–Trinajstić information content (AvgIpc) is 2.83. The lowest BCUT2D eigenvalue weighted by Crippen LogP contribution is -2.10. The van der Waals surface area contributed by atoms with Crippen LogP contribution in [0.1, 0.15) is 27.8 Å². The van der Waals surface area contributed by atoms with Crippen molar-refractivity contribution >= 4 is 54.2 Å². The van der Waals surface area contributed by atoms with Crippen LogP contribution >= 0.6 is 31.9 Å². The molecular formula is C30H22Br2O. The molecule has 0 spiro atoms. The Morgan fingerprint density at radius 2 is 0.758 bits per heavy atom. The van der Waals surface area contributed by atoms with Gasteiger partial charge >= 0.3 is 0 Å². The second-order valence-corrected chi connectivity index (χ2v) is 9.94. The molecule has 1 aliphatic rings. The number of halogens is 2. The Balaban J connectivity index is 1.77. The minimum Gasteiger partial charge on any atom is -0.497 e. The summed E-state index contributed by atoms with van der Waals surface area (Å²) in [6.07, 6.45) is 0. The van der Waals surface area contributed by atoms with Crippen LogP contribution in [0.25, 0.3) is 22.3 Å². The quantitative estimate of drug-likeness (QED) is 0.238. The Kier molecular flexibility index (Phi) is 6.09. The first-order valence-electron chi connectivity index (χ1n) is 10.8. The van der Waals surface area contributed by atoms with Crippen molar-refractivity contribution in [2.45, 2.75) is 6.92 Å². The number of hydrogen-bond donors (Lipinski definition) is 0. The van der Waals surface area contributed by atoms with E-state index in [9.17, 15) is 0 Å². The molecule has 4 aromatic carbocycles. The van der Waals surface area contributed by atoms with Gasteiger partial charge in [-0.3, -0.25) is 0 Å². The lowest BCUT2D eigenvalue weighted by molar-refractivity contribution is 0.415. The van der Waals surface area contributed by atoms with Crippen molar-refractivity contribution < 1.29 is 4.74 Å². The number of ether oxygens (including phenoxy) is 1. The molecule has 5 rings (SSSR count). The average molecular weight is 558 g/mol. The summed E-state index contributed by atoms with van der Waals surface area (Å²) < 4.78 is 7.56. The van der Waals surface area contributed by atoms with Crippen LogP contribution in [0.5, 0.6) is 5.75 Å². The van der Waals surface area contributed by atoms with Crippen molar-refractivity contribution in [1.29, 1.82) is 0 Å². The smallest absolute Gasteiger partial charge is 0.118 e. The summed E-state index contributed by atoms with van der Waals surface area (Å²) in [6.45, 7) is 2.13. The molecule has 4 aromatic rings. The highest BCUT2D eigenvalue weighted by Gasteiger charge is 2.33. The molecule has 0 saturated carbocycles. The first kappa shape index (κ1) is 21.9. The fraction of sp³-hybridized carbons (Fsp3) is 0.0667. The Morgan fingerprint density at radius 1 is 0.455 bits per heavy atom. The maximum absolute atomic E-state index is 5.41. The highest BCUT2D eigenvalue weighted by molar-refractivity contribution is 9.10. The van der Waals surface area contributed by atoms with Crippen LogP contribution in [0.15, 0.2) is 106 Å². The molecule has 1 nitrogen and oxygen atoms in total. The zero-order valence-electron chi connectivity index (χ0n) is 18.4. The molecule has 0 aromatic heterocycles. The van der Waals surface area contributed by atoms with Gasteiger partial charge in [-0.25, -0.2) is 0 Å². The van der Waals surface area contributed by atoms with Gasteiger partial charge in [0.2, 0.25) is 0 Å². The number of aryl methyl sites for hydroxylation is 1. The van der Waals surface area contributed by atoms with E-state index in [2.05, 4.69) is 124 Å². The first-order chi connectivity index (χ1) is 16.0. The van der Waals surface area contributed by atoms with Gasteiger partial charge in [0, 0.05) is 8.95 Å². The van der Waals surface area contributed by atoms with E-state index < -0.39 is 0 Å². The van der Waals surface area contributed by atoms with Crippen LogP contribution in [0.2, 0.25) is 0 Å². The summed E-state index contributed by atoms with van der Waals surface area (Å²) in [4.78, 5) is 0. The summed E-state index contributed by atoms with van der Waals surface area (Å²) in [7, 11) is 1.70. The van der Waals surface area contributed by atoms with Gasteiger partial charge in [0.15, 0.2) is 0 Å². The highest BCUT2D eigenvalue weighted by Crippen LogP contribution is 2.56. The Morgan fingerprint density at radius 3 is 1.09 bits per heavy atom. The van der Waals surface area contributed by atoms with E-state index >= 15 is 0 Å². The molecule has 0 fully saturated rings. The summed E-state index contributed by atoms with van der Waals surface area (Å²) in [6, 6.07) is 34.4. The normalized spacial score (nSPS) is 13.2. The van der Waals surface area contributed by atoms with Gasteiger partial charge in [-0.2, -0.15) is 0 Å². The predicted octanol–water partition coefficient (Wildman–Crippen LogP) is 9.06. The number of hydrogen-bond acceptors (Lipinski definition) is 1. The molecule has 1 aliphatic carbocycles. The Bertz CT molecular complexity index is 1360. The third-order valence-electron chi connectivity index (χ3n) is 5.98. The number of allylic oxidation sites excluding steroid dienone is 4. The van der Waals surface area contributed by atoms with Crippen molar-refractivity contribution in [3.8, 4) is 5.75 Å². The molecule has 0 atom stereocenters. The van der Waals surface area contributed by atoms with Gasteiger partial charge in [0.1, 0.15) is 5.75 Å². The van der Waals surface area contributed by atoms with Gasteiger partial charge < -0.3 is 4.74 Å². The zero-order chi connectivity index (χ0) is 22.9. The second-order valence-electron chi connectivity index (χ2n) is 8.11. The number of methoxy groups -OCH3 is 1. The topological polar surface area (TPSA) is 9.23 Å². The third kappa shape index (κ3) is 4.23. The minimum atomic E-state index is 0.858. The molecule has 0 aliphatic heterocycles. The van der Waals surface area contributed by atoms with Crippen molar-refractivity contribution in [3.63, 3.8) is 0 Å². The maximum Gasteiger partial charge on any atom is 0.118 e. The van der Waals surface area contributed by atoms with Crippen molar-refractivity contribution in [2.75, 3.05) is 7.11 Å². The van der Waals surface area contributed by atoms with E-state index in [1.165, 1.54) is 50.1 Å². The minimum absolute atomic E-state index is 0.858. The SMILES string of the molecule is COc1ccc(C2=C(c3ccc(Br)cc3)C(c3ccc(C)cc3)=C2c2ccc(Br)cc2)cc1. The standard InChI is InChI=1S/C30H22Br2O/c1-19-3-5-20(6-4-19)27-28(21-7-13-24(31)14-8-21)30(23-11-17-26(33-2)18-12-23)29(27)22-9-15-25(32)16-10-22/h3-18H,1-2H3. The van der Waals surface area contributed by atoms with Crippen LogP contribution in [0.4, 0.5) is 0 Å². The van der Waals surface area contributed by atoms with E-state index in [1.54, 1.807) is 7.11 Å². The van der Waals surface area contributed by atoms with Gasteiger partial charge in [0.05, 0.1) is 7.11 Å². The van der Waals surface area contributed by atoms with E-state index in [0.29, 0.717) is 0 Å². The highest BCUT2D eigenvalue weighted by atomic mass is 79.9. The van der Waals surface area contributed by atoms with E-state index in [1.807, 2.05) is 12.1 Å². The number of rotatable bonds is 5. The Hall–Kier alpha value is -2.88. The fourth-order valence-electron chi connectivity index (χ4n) is 4.30. The summed E-state index contributed by atoms with van der Waals surface area (Å²) in [5.41, 5.74) is 11.2. The van der Waals surface area contributed by atoms with Gasteiger partial charge in [-0.1, -0.05) is 98.1 Å². The zero-order valence-corrected chi connectivity index (χ0v) is 21.6. The molecular weight excluding hydrogens is 536 g/mol. The molecule has 0 saturated heterocycles. The van der Waals surface area contributed by atoms with Gasteiger partial charge in [0.25, 0.3) is 0 Å². The van der Waals surface area contributed by atoms with Crippen LogP contribution in [0, 0.1) is 6.92 Å². The van der Waals surface area contributed by atoms with Crippen LogP contribution in [-0.4, -0.2) is 7.11 Å². The predicted molar refractivity (Wildman–Crippen MR) is 146 cm³/mol. The molecule has 3 heteroatoms. The van der Waals surface area contributed by atoms with Gasteiger partial charge in [-0.05, 0) is 87.9 Å². The van der Waals surface area contributed by atoms with E-state index in [4.69, 9.17) is 4.74 Å². The molecule has 0 amide bonds. The maximum atomic E-state index is 5.41. The second kappa shape index (κ2) is 9.17. The number of benzene rings is 4. The lowest BCUT2D eigenvalue weighted by atomic mass is 9.69. The van der Waals surface area contributed by atoms with Gasteiger partial charge in [-0.15, -0.1) is 0 Å².